The largest absolute Gasteiger partial charge is 0.438 e. The molecule has 7 heteroatoms. The van der Waals surface area contributed by atoms with Gasteiger partial charge in [0, 0.05) is 12.2 Å². The number of nitrogens with zero attached hydrogens (tertiary/aromatic N) is 3. The topological polar surface area (TPSA) is 96.5 Å². The van der Waals surface area contributed by atoms with Crippen molar-refractivity contribution in [2.45, 2.75) is 51.5 Å². The predicted octanol–water partition coefficient (Wildman–Crippen LogP) is 4.41. The van der Waals surface area contributed by atoms with Crippen LogP contribution in [0.1, 0.15) is 50.2 Å². The average Bonchev–Trinajstić information content (AvgIpc) is 2.85. The smallest absolute Gasteiger partial charge is 0.269 e. The van der Waals surface area contributed by atoms with Gasteiger partial charge in [-0.05, 0) is 55.2 Å². The number of benzene rings is 1. The number of hydrogen-bond donors (Lipinski definition) is 1. The first-order chi connectivity index (χ1) is 16.1. The van der Waals surface area contributed by atoms with Crippen molar-refractivity contribution in [2.24, 2.45) is 0 Å². The minimum atomic E-state index is -0.486. The number of amides is 1. The monoisotopic (exact) mass is 442 g/mol. The summed E-state index contributed by atoms with van der Waals surface area (Å²) in [5.41, 5.74) is 1.04. The lowest BCUT2D eigenvalue weighted by Crippen LogP contribution is -2.36. The van der Waals surface area contributed by atoms with Gasteiger partial charge in [-0.25, -0.2) is 0 Å². The lowest BCUT2D eigenvalue weighted by Gasteiger charge is -2.22. The maximum atomic E-state index is 13.3. The molecule has 1 aromatic carbocycles. The number of aryl methyl sites for hydroxylation is 1. The summed E-state index contributed by atoms with van der Waals surface area (Å²) in [4.78, 5) is 30.5. The molecule has 1 saturated carbocycles. The highest BCUT2D eigenvalue weighted by Crippen LogP contribution is 2.25. The Morgan fingerprint density at radius 3 is 2.67 bits per heavy atom. The van der Waals surface area contributed by atoms with Crippen LogP contribution < -0.4 is 15.6 Å². The molecule has 1 amide bonds. The van der Waals surface area contributed by atoms with Gasteiger partial charge in [-0.15, -0.1) is 0 Å². The van der Waals surface area contributed by atoms with E-state index >= 15 is 0 Å². The number of nitriles is 1. The number of aromatic nitrogens is 2. The van der Waals surface area contributed by atoms with Gasteiger partial charge in [-0.2, -0.15) is 10.2 Å². The molecule has 0 unspecified atom stereocenters. The number of fused-ring (bicyclic) bond motifs is 1. The summed E-state index contributed by atoms with van der Waals surface area (Å²) >= 11 is 0. The molecule has 168 valence electrons. The highest BCUT2D eigenvalue weighted by atomic mass is 16.5. The number of ether oxygens (including phenoxy) is 1. The first-order valence-electron chi connectivity index (χ1n) is 11.3. The number of carbonyl (C=O) groups is 1. The maximum Gasteiger partial charge on any atom is 0.269 e. The fraction of sp³-hybridized carbons (Fsp3) is 0.308. The van der Waals surface area contributed by atoms with E-state index in [9.17, 15) is 14.9 Å². The van der Waals surface area contributed by atoms with Crippen LogP contribution in [0.4, 0.5) is 0 Å². The third-order valence-corrected chi connectivity index (χ3v) is 5.87. The van der Waals surface area contributed by atoms with Crippen LogP contribution in [0.3, 0.4) is 0 Å². The molecule has 0 spiro atoms. The molecule has 0 radical (unpaired) electrons. The van der Waals surface area contributed by atoms with Crippen molar-refractivity contribution in [2.75, 3.05) is 0 Å². The lowest BCUT2D eigenvalue weighted by molar-refractivity contribution is -0.117. The predicted molar refractivity (Wildman–Crippen MR) is 126 cm³/mol. The van der Waals surface area contributed by atoms with E-state index in [0.717, 1.165) is 44.1 Å². The van der Waals surface area contributed by atoms with Gasteiger partial charge in [-0.3, -0.25) is 14.0 Å². The zero-order chi connectivity index (χ0) is 23.2. The zero-order valence-electron chi connectivity index (χ0n) is 18.6. The molecule has 7 nitrogen and oxygen atoms in total. The molecule has 3 aromatic rings. The fourth-order valence-electron chi connectivity index (χ4n) is 3.99. The van der Waals surface area contributed by atoms with E-state index in [1.54, 1.807) is 24.4 Å². The van der Waals surface area contributed by atoms with Crippen LogP contribution >= 0.6 is 0 Å². The molecule has 1 aliphatic rings. The molecule has 2 aromatic heterocycles. The molecule has 2 heterocycles. The Hall–Kier alpha value is -3.92. The molecule has 0 aliphatic heterocycles. The maximum absolute atomic E-state index is 13.3. The van der Waals surface area contributed by atoms with E-state index in [1.807, 2.05) is 30.3 Å². The molecule has 1 aliphatic carbocycles. The Labute approximate surface area is 192 Å². The lowest BCUT2D eigenvalue weighted by atomic mass is 9.95. The zero-order valence-corrected chi connectivity index (χ0v) is 18.6. The van der Waals surface area contributed by atoms with Crippen molar-refractivity contribution in [1.82, 2.24) is 14.7 Å². The summed E-state index contributed by atoms with van der Waals surface area (Å²) < 4.78 is 7.33. The highest BCUT2D eigenvalue weighted by molar-refractivity contribution is 6.02. The Bertz CT molecular complexity index is 1280. The van der Waals surface area contributed by atoms with Crippen LogP contribution in [0.25, 0.3) is 11.7 Å². The normalized spacial score (nSPS) is 14.6. The number of pyridine rings is 1. The van der Waals surface area contributed by atoms with E-state index in [2.05, 4.69) is 17.2 Å². The molecule has 1 fully saturated rings. The molecular weight excluding hydrogens is 416 g/mol. The Kier molecular flexibility index (Phi) is 6.84. The van der Waals surface area contributed by atoms with Gasteiger partial charge in [0.05, 0.1) is 0 Å². The Balaban J connectivity index is 1.74. The summed E-state index contributed by atoms with van der Waals surface area (Å²) in [7, 11) is 0. The van der Waals surface area contributed by atoms with Crippen molar-refractivity contribution in [1.29, 1.82) is 5.26 Å². The summed E-state index contributed by atoms with van der Waals surface area (Å²) in [6.45, 7) is 2.06. The van der Waals surface area contributed by atoms with Crippen LogP contribution in [-0.2, 0) is 11.2 Å². The molecule has 1 N–H and O–H groups in total. The molecule has 0 saturated heterocycles. The van der Waals surface area contributed by atoms with E-state index in [1.165, 1.54) is 10.5 Å². The number of hydrogen-bond acceptors (Lipinski definition) is 5. The van der Waals surface area contributed by atoms with Crippen LogP contribution in [0.5, 0.6) is 11.6 Å². The van der Waals surface area contributed by atoms with Gasteiger partial charge in [-0.1, -0.05) is 44.4 Å². The first kappa shape index (κ1) is 22.3. The van der Waals surface area contributed by atoms with Gasteiger partial charge >= 0.3 is 0 Å². The quantitative estimate of drug-likeness (QED) is 0.451. The van der Waals surface area contributed by atoms with Crippen molar-refractivity contribution < 1.29 is 9.53 Å². The summed E-state index contributed by atoms with van der Waals surface area (Å²) in [5, 5.41) is 12.6. The van der Waals surface area contributed by atoms with Crippen LogP contribution in [0.2, 0.25) is 0 Å². The van der Waals surface area contributed by atoms with Gasteiger partial charge in [0.15, 0.2) is 0 Å². The Morgan fingerprint density at radius 1 is 1.21 bits per heavy atom. The number of rotatable bonds is 6. The van der Waals surface area contributed by atoms with Gasteiger partial charge in [0.1, 0.15) is 28.6 Å². The second-order valence-electron chi connectivity index (χ2n) is 8.14. The molecule has 0 bridgehead atoms. The SMILES string of the molecule is CCc1ccc(Oc2nc3ccccn3c(=O)c2/C=C(\C#N)C(=O)NC2CCCCC2)cc1. The first-order valence-corrected chi connectivity index (χ1v) is 11.3. The van der Waals surface area contributed by atoms with Crippen LogP contribution in [0.15, 0.2) is 59.0 Å². The van der Waals surface area contributed by atoms with Gasteiger partial charge < -0.3 is 10.1 Å². The van der Waals surface area contributed by atoms with E-state index in [-0.39, 0.29) is 23.1 Å². The standard InChI is InChI=1S/C26H26N4O3/c1-2-18-11-13-21(14-12-18)33-25-22(26(32)30-15-7-6-10-23(30)29-25)16-19(17-27)24(31)28-20-8-4-3-5-9-20/h6-7,10-16,20H,2-5,8-9H2,1H3,(H,28,31)/b19-16+. The second kappa shape index (κ2) is 10.1. The number of carbonyl (C=O) groups excluding carboxylic acids is 1. The van der Waals surface area contributed by atoms with E-state index in [0.29, 0.717) is 11.4 Å². The van der Waals surface area contributed by atoms with Crippen molar-refractivity contribution in [3.8, 4) is 17.7 Å². The van der Waals surface area contributed by atoms with Crippen LogP contribution in [-0.4, -0.2) is 21.3 Å². The average molecular weight is 443 g/mol. The van der Waals surface area contributed by atoms with Crippen molar-refractivity contribution in [3.05, 3.63) is 75.7 Å². The minimum absolute atomic E-state index is 0.0478. The van der Waals surface area contributed by atoms with E-state index < -0.39 is 11.5 Å². The Morgan fingerprint density at radius 2 is 1.97 bits per heavy atom. The molecular formula is C26H26N4O3. The van der Waals surface area contributed by atoms with Crippen LogP contribution in [0, 0.1) is 11.3 Å². The van der Waals surface area contributed by atoms with E-state index in [4.69, 9.17) is 4.74 Å². The van der Waals surface area contributed by atoms with Gasteiger partial charge in [0.25, 0.3) is 11.5 Å². The fourth-order valence-corrected chi connectivity index (χ4v) is 3.99. The van der Waals surface area contributed by atoms with Gasteiger partial charge in [0.2, 0.25) is 5.88 Å². The molecule has 33 heavy (non-hydrogen) atoms. The third-order valence-electron chi connectivity index (χ3n) is 5.87. The highest BCUT2D eigenvalue weighted by Gasteiger charge is 2.20. The van der Waals surface area contributed by atoms with Crippen molar-refractivity contribution >= 4 is 17.6 Å². The molecule has 0 atom stereocenters. The number of nitrogens with one attached hydrogen (secondary N) is 1. The summed E-state index contributed by atoms with van der Waals surface area (Å²) in [6, 6.07) is 14.7. The summed E-state index contributed by atoms with van der Waals surface area (Å²) in [6.07, 6.45) is 8.83. The van der Waals surface area contributed by atoms with Crippen molar-refractivity contribution in [3.63, 3.8) is 0 Å². The third kappa shape index (κ3) is 5.12. The summed E-state index contributed by atoms with van der Waals surface area (Å²) in [5.74, 6) is 0.0769. The molecule has 4 rings (SSSR count). The second-order valence-corrected chi connectivity index (χ2v) is 8.14. The minimum Gasteiger partial charge on any atom is -0.438 e.